The molecule has 0 unspecified atom stereocenters. The molecule has 0 aliphatic heterocycles. The minimum absolute atomic E-state index is 0.159. The van der Waals surface area contributed by atoms with Crippen molar-refractivity contribution in [2.45, 2.75) is 6.92 Å². The van der Waals surface area contributed by atoms with Gasteiger partial charge in [0.25, 0.3) is 0 Å². The van der Waals surface area contributed by atoms with E-state index in [0.717, 1.165) is 16.6 Å². The van der Waals surface area contributed by atoms with Crippen molar-refractivity contribution in [2.75, 3.05) is 20.0 Å². The first kappa shape index (κ1) is 15.0. The van der Waals surface area contributed by atoms with Crippen molar-refractivity contribution in [2.24, 2.45) is 0 Å². The van der Waals surface area contributed by atoms with E-state index in [1.165, 1.54) is 14.2 Å². The number of hydrogen-bond acceptors (Lipinski definition) is 4. The van der Waals surface area contributed by atoms with Crippen LogP contribution in [0, 0.1) is 6.92 Å². The predicted molar refractivity (Wildman–Crippen MR) is 90.4 cm³/mol. The molecule has 5 heteroatoms. The van der Waals surface area contributed by atoms with E-state index in [2.05, 4.69) is 4.98 Å². The number of ether oxygens (including phenoxy) is 2. The van der Waals surface area contributed by atoms with Crippen molar-refractivity contribution in [3.63, 3.8) is 0 Å². The van der Waals surface area contributed by atoms with Crippen LogP contribution in [0.5, 0.6) is 11.5 Å². The van der Waals surface area contributed by atoms with Gasteiger partial charge in [-0.05, 0) is 37.3 Å². The fourth-order valence-electron chi connectivity index (χ4n) is 2.84. The van der Waals surface area contributed by atoms with E-state index in [4.69, 9.17) is 15.2 Å². The lowest BCUT2D eigenvalue weighted by Crippen LogP contribution is -2.07. The van der Waals surface area contributed by atoms with Crippen molar-refractivity contribution < 1.29 is 14.3 Å². The quantitative estimate of drug-likeness (QED) is 0.572. The third-order valence-corrected chi connectivity index (χ3v) is 3.89. The van der Waals surface area contributed by atoms with E-state index in [1.807, 2.05) is 13.0 Å². The van der Waals surface area contributed by atoms with Crippen LogP contribution < -0.4 is 15.2 Å². The number of fused-ring (bicyclic) bond motifs is 1. The molecule has 0 atom stereocenters. The Morgan fingerprint density at radius 1 is 1.04 bits per heavy atom. The number of aromatic amines is 1. The molecule has 23 heavy (non-hydrogen) atoms. The molecule has 0 bridgehead atoms. The molecule has 0 saturated heterocycles. The Labute approximate surface area is 134 Å². The summed E-state index contributed by atoms with van der Waals surface area (Å²) in [4.78, 5) is 16.4. The molecule has 3 rings (SSSR count). The fraction of sp³-hybridized carbons (Fsp3) is 0.167. The summed E-state index contributed by atoms with van der Waals surface area (Å²) in [6.45, 7) is 1.87. The van der Waals surface area contributed by atoms with Crippen LogP contribution in [0.1, 0.15) is 21.6 Å². The maximum Gasteiger partial charge on any atom is 0.202 e. The van der Waals surface area contributed by atoms with Gasteiger partial charge in [-0.3, -0.25) is 4.79 Å². The van der Waals surface area contributed by atoms with E-state index in [1.54, 1.807) is 30.3 Å². The van der Waals surface area contributed by atoms with Gasteiger partial charge in [-0.2, -0.15) is 0 Å². The number of rotatable bonds is 4. The van der Waals surface area contributed by atoms with E-state index in [9.17, 15) is 4.79 Å². The molecule has 0 saturated carbocycles. The SMILES string of the molecule is COc1cccc(OC)c1C(=O)c1c(C)[nH]c2ccc(N)cc12. The second-order valence-electron chi connectivity index (χ2n) is 5.30. The van der Waals surface area contributed by atoms with Crippen LogP contribution >= 0.6 is 0 Å². The zero-order valence-corrected chi connectivity index (χ0v) is 13.3. The summed E-state index contributed by atoms with van der Waals surface area (Å²) in [5, 5.41) is 0.792. The Morgan fingerprint density at radius 2 is 1.70 bits per heavy atom. The molecule has 0 aliphatic carbocycles. The van der Waals surface area contributed by atoms with Crippen molar-refractivity contribution in [3.05, 3.63) is 53.2 Å². The van der Waals surface area contributed by atoms with Gasteiger partial charge < -0.3 is 20.2 Å². The molecule has 5 nitrogen and oxygen atoms in total. The van der Waals surface area contributed by atoms with Crippen LogP contribution in [0.4, 0.5) is 5.69 Å². The van der Waals surface area contributed by atoms with Crippen LogP contribution in [0.2, 0.25) is 0 Å². The molecule has 3 N–H and O–H groups in total. The number of carbonyl (C=O) groups excluding carboxylic acids is 1. The second-order valence-corrected chi connectivity index (χ2v) is 5.30. The Bertz CT molecular complexity index is 874. The number of nitrogens with two attached hydrogens (primary N) is 1. The summed E-state index contributed by atoms with van der Waals surface area (Å²) in [6, 6.07) is 10.7. The molecule has 0 spiro atoms. The van der Waals surface area contributed by atoms with Crippen molar-refractivity contribution >= 4 is 22.4 Å². The summed E-state index contributed by atoms with van der Waals surface area (Å²) in [5.41, 5.74) is 9.12. The lowest BCUT2D eigenvalue weighted by Gasteiger charge is -2.12. The highest BCUT2D eigenvalue weighted by Crippen LogP contribution is 2.34. The van der Waals surface area contributed by atoms with Gasteiger partial charge >= 0.3 is 0 Å². The molecule has 0 radical (unpaired) electrons. The highest BCUT2D eigenvalue weighted by atomic mass is 16.5. The highest BCUT2D eigenvalue weighted by molar-refractivity contribution is 6.20. The fourth-order valence-corrected chi connectivity index (χ4v) is 2.84. The van der Waals surface area contributed by atoms with Crippen LogP contribution in [-0.2, 0) is 0 Å². The lowest BCUT2D eigenvalue weighted by atomic mass is 9.98. The molecule has 0 aliphatic rings. The molecule has 3 aromatic rings. The Balaban J connectivity index is 2.26. The van der Waals surface area contributed by atoms with Gasteiger partial charge in [-0.15, -0.1) is 0 Å². The van der Waals surface area contributed by atoms with Gasteiger partial charge in [0, 0.05) is 22.3 Å². The third kappa shape index (κ3) is 2.40. The van der Waals surface area contributed by atoms with E-state index >= 15 is 0 Å². The lowest BCUT2D eigenvalue weighted by molar-refractivity contribution is 0.103. The first-order chi connectivity index (χ1) is 11.1. The van der Waals surface area contributed by atoms with Gasteiger partial charge in [0.05, 0.1) is 19.8 Å². The number of aromatic nitrogens is 1. The molecule has 2 aromatic carbocycles. The molecular formula is C18H18N2O3. The minimum atomic E-state index is -0.159. The van der Waals surface area contributed by atoms with Gasteiger partial charge in [0.2, 0.25) is 5.78 Å². The zero-order valence-electron chi connectivity index (χ0n) is 13.3. The van der Waals surface area contributed by atoms with Crippen molar-refractivity contribution in [1.29, 1.82) is 0 Å². The highest BCUT2D eigenvalue weighted by Gasteiger charge is 2.24. The van der Waals surface area contributed by atoms with Crippen LogP contribution in [-0.4, -0.2) is 25.0 Å². The molecule has 1 aromatic heterocycles. The predicted octanol–water partition coefficient (Wildman–Crippen LogP) is 3.31. The molecule has 0 fully saturated rings. The monoisotopic (exact) mass is 310 g/mol. The summed E-state index contributed by atoms with van der Waals surface area (Å²) in [7, 11) is 3.07. The maximum atomic E-state index is 13.2. The Kier molecular flexibility index (Phi) is 3.70. The smallest absolute Gasteiger partial charge is 0.202 e. The number of carbonyl (C=O) groups is 1. The van der Waals surface area contributed by atoms with E-state index < -0.39 is 0 Å². The number of aryl methyl sites for hydroxylation is 1. The molecule has 118 valence electrons. The zero-order chi connectivity index (χ0) is 16.6. The molecule has 1 heterocycles. The standard InChI is InChI=1S/C18H18N2O3/c1-10-16(12-9-11(19)7-8-13(12)20-10)18(21)17-14(22-2)5-4-6-15(17)23-3/h4-9,20H,19H2,1-3H3. The molecule has 0 amide bonds. The van der Waals surface area contributed by atoms with Crippen LogP contribution in [0.25, 0.3) is 10.9 Å². The second kappa shape index (κ2) is 5.68. The van der Waals surface area contributed by atoms with Crippen LogP contribution in [0.15, 0.2) is 36.4 Å². The number of nitrogens with one attached hydrogen (secondary N) is 1. The van der Waals surface area contributed by atoms with Gasteiger partial charge in [-0.1, -0.05) is 6.07 Å². The van der Waals surface area contributed by atoms with Crippen molar-refractivity contribution in [3.8, 4) is 11.5 Å². The number of methoxy groups -OCH3 is 2. The minimum Gasteiger partial charge on any atom is -0.496 e. The maximum absolute atomic E-state index is 13.2. The summed E-state index contributed by atoms with van der Waals surface area (Å²) < 4.78 is 10.7. The molecular weight excluding hydrogens is 292 g/mol. The summed E-state index contributed by atoms with van der Waals surface area (Å²) in [6.07, 6.45) is 0. The Hall–Kier alpha value is -2.95. The summed E-state index contributed by atoms with van der Waals surface area (Å²) in [5.74, 6) is 0.799. The topological polar surface area (TPSA) is 77.3 Å². The third-order valence-electron chi connectivity index (χ3n) is 3.89. The number of nitrogen functional groups attached to an aromatic ring is 1. The van der Waals surface area contributed by atoms with Gasteiger partial charge in [0.1, 0.15) is 17.1 Å². The number of H-pyrrole nitrogens is 1. The number of hydrogen-bond donors (Lipinski definition) is 2. The number of benzene rings is 2. The first-order valence-electron chi connectivity index (χ1n) is 7.20. The number of ketones is 1. The van der Waals surface area contributed by atoms with Crippen molar-refractivity contribution in [1.82, 2.24) is 4.98 Å². The van der Waals surface area contributed by atoms with Gasteiger partial charge in [0.15, 0.2) is 0 Å². The Morgan fingerprint density at radius 3 is 2.30 bits per heavy atom. The van der Waals surface area contributed by atoms with Gasteiger partial charge in [-0.25, -0.2) is 0 Å². The van der Waals surface area contributed by atoms with Crippen LogP contribution in [0.3, 0.4) is 0 Å². The largest absolute Gasteiger partial charge is 0.496 e. The average Bonchev–Trinajstić information content (AvgIpc) is 2.88. The van der Waals surface area contributed by atoms with E-state index in [-0.39, 0.29) is 5.78 Å². The normalized spacial score (nSPS) is 10.7. The number of anilines is 1. The first-order valence-corrected chi connectivity index (χ1v) is 7.20. The van der Waals surface area contributed by atoms with E-state index in [0.29, 0.717) is 28.3 Å². The summed E-state index contributed by atoms with van der Waals surface area (Å²) >= 11 is 0. The average molecular weight is 310 g/mol.